The van der Waals surface area contributed by atoms with Gasteiger partial charge in [-0.15, -0.1) is 0 Å². The van der Waals surface area contributed by atoms with Crippen LogP contribution < -0.4 is 9.47 Å². The Bertz CT molecular complexity index is 1400. The lowest BCUT2D eigenvalue weighted by Crippen LogP contribution is -2.33. The van der Waals surface area contributed by atoms with Gasteiger partial charge in [0.1, 0.15) is 6.54 Å². The Morgan fingerprint density at radius 3 is 2.46 bits per heavy atom. The number of ether oxygens (including phenoxy) is 3. The van der Waals surface area contributed by atoms with E-state index >= 15 is 0 Å². The maximum atomic E-state index is 12.8. The van der Waals surface area contributed by atoms with E-state index < -0.39 is 34.9 Å². The molecule has 1 aromatic heterocycles. The summed E-state index contributed by atoms with van der Waals surface area (Å²) in [6, 6.07) is 12.8. The number of fused-ring (bicyclic) bond motifs is 1. The van der Waals surface area contributed by atoms with Crippen molar-refractivity contribution in [1.29, 1.82) is 0 Å². The Morgan fingerprint density at radius 1 is 1.06 bits per heavy atom. The second kappa shape index (κ2) is 9.73. The summed E-state index contributed by atoms with van der Waals surface area (Å²) < 4.78 is 43.9. The summed E-state index contributed by atoms with van der Waals surface area (Å²) in [5.74, 6) is 0.0292. The maximum Gasteiger partial charge on any atom is 0.321 e. The highest BCUT2D eigenvalue weighted by Crippen LogP contribution is 2.35. The molecule has 2 aromatic carbocycles. The van der Waals surface area contributed by atoms with Crippen LogP contribution >= 0.6 is 11.6 Å². The van der Waals surface area contributed by atoms with E-state index in [4.69, 9.17) is 25.8 Å². The number of benzene rings is 2. The first-order valence-electron chi connectivity index (χ1n) is 10.6. The van der Waals surface area contributed by atoms with Crippen LogP contribution in [-0.4, -0.2) is 56.0 Å². The van der Waals surface area contributed by atoms with Gasteiger partial charge in [-0.05, 0) is 56.3 Å². The summed E-state index contributed by atoms with van der Waals surface area (Å²) in [5.41, 5.74) is 2.68. The average Bonchev–Trinajstić information content (AvgIpc) is 3.40. The first-order chi connectivity index (χ1) is 16.6. The standard InChI is InChI=1S/C24H23ClN2O7S/c1-15-10-20(16(2)27(15)18-6-9-22-23(11-18)34-14-33-22)21(28)13-32-24(29)12-26(3)35(30,31)19-7-4-17(25)5-8-19/h4-11H,12-14H2,1-3H3. The number of esters is 1. The van der Waals surface area contributed by atoms with Gasteiger partial charge in [-0.25, -0.2) is 8.42 Å². The van der Waals surface area contributed by atoms with E-state index in [1.54, 1.807) is 19.1 Å². The number of carbonyl (C=O) groups excluding carboxylic acids is 2. The summed E-state index contributed by atoms with van der Waals surface area (Å²) >= 11 is 5.80. The molecule has 1 aliphatic heterocycles. The van der Waals surface area contributed by atoms with Crippen LogP contribution in [0.5, 0.6) is 11.5 Å². The van der Waals surface area contributed by atoms with Crippen molar-refractivity contribution in [2.75, 3.05) is 27.0 Å². The zero-order valence-corrected chi connectivity index (χ0v) is 20.9. The Labute approximate surface area is 207 Å². The molecule has 0 fully saturated rings. The van der Waals surface area contributed by atoms with Crippen molar-refractivity contribution >= 4 is 33.4 Å². The van der Waals surface area contributed by atoms with Gasteiger partial charge in [0.05, 0.1) is 4.90 Å². The first kappa shape index (κ1) is 24.8. The highest BCUT2D eigenvalue weighted by molar-refractivity contribution is 7.89. The molecule has 0 atom stereocenters. The molecule has 0 unspecified atom stereocenters. The van der Waals surface area contributed by atoms with Crippen LogP contribution in [0.15, 0.2) is 53.4 Å². The molecule has 184 valence electrons. The number of rotatable bonds is 8. The van der Waals surface area contributed by atoms with E-state index in [2.05, 4.69) is 0 Å². The van der Waals surface area contributed by atoms with Crippen LogP contribution in [-0.2, 0) is 19.6 Å². The topological polar surface area (TPSA) is 104 Å². The second-order valence-corrected chi connectivity index (χ2v) is 10.4. The van der Waals surface area contributed by atoms with E-state index in [1.165, 1.54) is 31.3 Å². The van der Waals surface area contributed by atoms with E-state index in [9.17, 15) is 18.0 Å². The van der Waals surface area contributed by atoms with Gasteiger partial charge in [-0.1, -0.05) is 11.6 Å². The van der Waals surface area contributed by atoms with Gasteiger partial charge in [-0.3, -0.25) is 9.59 Å². The van der Waals surface area contributed by atoms with E-state index in [-0.39, 0.29) is 11.7 Å². The number of sulfonamides is 1. The number of hydrogen-bond donors (Lipinski definition) is 0. The Kier molecular flexibility index (Phi) is 6.88. The summed E-state index contributed by atoms with van der Waals surface area (Å²) in [6.45, 7) is 2.75. The predicted octanol–water partition coefficient (Wildman–Crippen LogP) is 3.52. The van der Waals surface area contributed by atoms with Crippen molar-refractivity contribution in [2.45, 2.75) is 18.7 Å². The molecule has 0 saturated heterocycles. The molecule has 0 saturated carbocycles. The minimum atomic E-state index is -3.92. The summed E-state index contributed by atoms with van der Waals surface area (Å²) in [6.07, 6.45) is 0. The van der Waals surface area contributed by atoms with Crippen molar-refractivity contribution in [3.63, 3.8) is 0 Å². The number of nitrogens with zero attached hydrogens (tertiary/aromatic N) is 2. The Hall–Kier alpha value is -3.34. The molecular formula is C24H23ClN2O7S. The van der Waals surface area contributed by atoms with Gasteiger partial charge in [0.25, 0.3) is 0 Å². The third kappa shape index (κ3) is 5.04. The number of aryl methyl sites for hydroxylation is 1. The lowest BCUT2D eigenvalue weighted by Gasteiger charge is -2.16. The monoisotopic (exact) mass is 518 g/mol. The summed E-state index contributed by atoms with van der Waals surface area (Å²) in [4.78, 5) is 25.1. The van der Waals surface area contributed by atoms with Crippen molar-refractivity contribution in [3.05, 3.63) is 70.5 Å². The lowest BCUT2D eigenvalue weighted by atomic mass is 10.1. The number of likely N-dealkylation sites (N-methyl/N-ethyl adjacent to an activating group) is 1. The average molecular weight is 519 g/mol. The molecule has 2 heterocycles. The maximum absolute atomic E-state index is 12.8. The number of Topliss-reactive ketones (excluding diaryl/α,β-unsaturated/α-hetero) is 1. The zero-order chi connectivity index (χ0) is 25.3. The van der Waals surface area contributed by atoms with Crippen LogP contribution in [0.2, 0.25) is 5.02 Å². The number of ketones is 1. The molecule has 0 bridgehead atoms. The number of aromatic nitrogens is 1. The number of hydrogen-bond acceptors (Lipinski definition) is 7. The molecule has 0 amide bonds. The van der Waals surface area contributed by atoms with E-state index in [0.717, 1.165) is 15.7 Å². The molecule has 0 N–H and O–H groups in total. The molecule has 11 heteroatoms. The summed E-state index contributed by atoms with van der Waals surface area (Å²) in [5, 5.41) is 0.391. The minimum absolute atomic E-state index is 0.00997. The Balaban J connectivity index is 1.41. The number of carbonyl (C=O) groups is 2. The van der Waals surface area contributed by atoms with Crippen molar-refractivity contribution in [2.24, 2.45) is 0 Å². The van der Waals surface area contributed by atoms with E-state index in [0.29, 0.717) is 27.8 Å². The molecule has 9 nitrogen and oxygen atoms in total. The van der Waals surface area contributed by atoms with Crippen LogP contribution in [0.25, 0.3) is 5.69 Å². The highest BCUT2D eigenvalue weighted by atomic mass is 35.5. The SMILES string of the molecule is Cc1cc(C(=O)COC(=O)CN(C)S(=O)(=O)c2ccc(Cl)cc2)c(C)n1-c1ccc2c(c1)OCO2. The largest absolute Gasteiger partial charge is 0.456 e. The van der Waals surface area contributed by atoms with Gasteiger partial charge >= 0.3 is 5.97 Å². The number of halogens is 1. The van der Waals surface area contributed by atoms with Crippen LogP contribution in [0, 0.1) is 13.8 Å². The van der Waals surface area contributed by atoms with Crippen LogP contribution in [0.1, 0.15) is 21.7 Å². The zero-order valence-electron chi connectivity index (χ0n) is 19.3. The van der Waals surface area contributed by atoms with Crippen molar-refractivity contribution in [1.82, 2.24) is 8.87 Å². The molecule has 0 radical (unpaired) electrons. The Morgan fingerprint density at radius 2 is 1.74 bits per heavy atom. The van der Waals surface area contributed by atoms with Gasteiger partial charge in [0.2, 0.25) is 22.6 Å². The summed E-state index contributed by atoms with van der Waals surface area (Å²) in [7, 11) is -2.66. The van der Waals surface area contributed by atoms with Gasteiger partial charge in [0, 0.05) is 40.8 Å². The van der Waals surface area contributed by atoms with E-state index in [1.807, 2.05) is 23.6 Å². The van der Waals surface area contributed by atoms with Crippen molar-refractivity contribution in [3.8, 4) is 17.2 Å². The van der Waals surface area contributed by atoms with Gasteiger partial charge in [-0.2, -0.15) is 4.31 Å². The van der Waals surface area contributed by atoms with Crippen LogP contribution in [0.3, 0.4) is 0 Å². The molecule has 1 aliphatic rings. The van der Waals surface area contributed by atoms with Gasteiger partial charge < -0.3 is 18.8 Å². The fourth-order valence-electron chi connectivity index (χ4n) is 3.79. The molecule has 3 aromatic rings. The van der Waals surface area contributed by atoms with Crippen LogP contribution in [0.4, 0.5) is 0 Å². The molecule has 0 aliphatic carbocycles. The normalized spacial score (nSPS) is 12.7. The predicted molar refractivity (Wildman–Crippen MR) is 128 cm³/mol. The smallest absolute Gasteiger partial charge is 0.321 e. The third-order valence-electron chi connectivity index (χ3n) is 5.58. The van der Waals surface area contributed by atoms with Gasteiger partial charge in [0.15, 0.2) is 18.1 Å². The molecule has 35 heavy (non-hydrogen) atoms. The third-order valence-corrected chi connectivity index (χ3v) is 7.65. The fourth-order valence-corrected chi connectivity index (χ4v) is 5.03. The molecule has 4 rings (SSSR count). The fraction of sp³-hybridized carbons (Fsp3) is 0.250. The second-order valence-electron chi connectivity index (χ2n) is 7.96. The first-order valence-corrected chi connectivity index (χ1v) is 12.4. The quantitative estimate of drug-likeness (QED) is 0.332. The molecule has 0 spiro atoms. The lowest BCUT2D eigenvalue weighted by molar-refractivity contribution is -0.142. The highest BCUT2D eigenvalue weighted by Gasteiger charge is 2.25. The molecular weight excluding hydrogens is 496 g/mol. The minimum Gasteiger partial charge on any atom is -0.456 e. The van der Waals surface area contributed by atoms with Crippen molar-refractivity contribution < 1.29 is 32.2 Å².